The van der Waals surface area contributed by atoms with Crippen molar-refractivity contribution in [3.8, 4) is 11.1 Å². The number of fused-ring (bicyclic) bond motifs is 2. The molecule has 3 aromatic carbocycles. The molecule has 0 unspecified atom stereocenters. The Balaban J connectivity index is 1.14. The van der Waals surface area contributed by atoms with Crippen LogP contribution in [0.25, 0.3) is 21.3 Å². The number of nitrogens with one attached hydrogen (secondary N) is 1. The molecule has 0 saturated carbocycles. The Morgan fingerprint density at radius 2 is 1.74 bits per heavy atom. The van der Waals surface area contributed by atoms with E-state index in [0.717, 1.165) is 32.5 Å². The van der Waals surface area contributed by atoms with Crippen LogP contribution in [-0.4, -0.2) is 38.1 Å². The van der Waals surface area contributed by atoms with Crippen LogP contribution in [0.1, 0.15) is 37.5 Å². The number of carbonyl (C=O) groups is 2. The van der Waals surface area contributed by atoms with Crippen molar-refractivity contribution in [2.45, 2.75) is 19.5 Å². The van der Waals surface area contributed by atoms with Crippen molar-refractivity contribution in [1.29, 1.82) is 0 Å². The molecule has 0 radical (unpaired) electrons. The van der Waals surface area contributed by atoms with E-state index < -0.39 is 5.97 Å². The number of nitrogens with zero attached hydrogens (tertiary/aromatic N) is 4. The molecule has 1 aliphatic heterocycles. The van der Waals surface area contributed by atoms with Crippen LogP contribution < -0.4 is 10.2 Å². The number of carboxylic acids is 1. The summed E-state index contributed by atoms with van der Waals surface area (Å²) in [5.74, 6) is -0.731. The number of amides is 1. The van der Waals surface area contributed by atoms with Crippen LogP contribution in [0.3, 0.4) is 0 Å². The molecule has 0 atom stereocenters. The van der Waals surface area contributed by atoms with Gasteiger partial charge in [0, 0.05) is 48.7 Å². The van der Waals surface area contributed by atoms with Crippen molar-refractivity contribution in [1.82, 2.24) is 14.5 Å². The number of carbonyl (C=O) groups excluding carboxylic acids is 1. The minimum absolute atomic E-state index is 0.00243. The first-order chi connectivity index (χ1) is 21.0. The number of hydrogen-bond acceptors (Lipinski definition) is 6. The smallest absolute Gasteiger partial charge is 0.355 e. The van der Waals surface area contributed by atoms with Crippen LogP contribution in [0.4, 0.5) is 10.9 Å². The van der Waals surface area contributed by atoms with Gasteiger partial charge in [0.05, 0.1) is 10.2 Å². The molecular formula is C34H27N5O3S. The molecule has 0 bridgehead atoms. The van der Waals surface area contributed by atoms with Gasteiger partial charge in [-0.05, 0) is 59.5 Å². The van der Waals surface area contributed by atoms with E-state index in [1.54, 1.807) is 0 Å². The maximum atomic E-state index is 13.4. The number of anilines is 2. The Morgan fingerprint density at radius 1 is 0.907 bits per heavy atom. The lowest BCUT2D eigenvalue weighted by molar-refractivity contribution is 0.0691. The fourth-order valence-electron chi connectivity index (χ4n) is 5.59. The highest BCUT2D eigenvalue weighted by atomic mass is 32.1. The fourth-order valence-corrected chi connectivity index (χ4v) is 6.45. The van der Waals surface area contributed by atoms with Gasteiger partial charge in [-0.3, -0.25) is 10.1 Å². The number of carboxylic acid groups (broad SMARTS) is 1. The van der Waals surface area contributed by atoms with Crippen LogP contribution >= 0.6 is 11.3 Å². The summed E-state index contributed by atoms with van der Waals surface area (Å²) in [5.41, 5.74) is 5.97. The second-order valence-electron chi connectivity index (χ2n) is 10.5. The van der Waals surface area contributed by atoms with Crippen LogP contribution in [-0.2, 0) is 19.5 Å². The van der Waals surface area contributed by atoms with Crippen molar-refractivity contribution < 1.29 is 14.7 Å². The third-order valence-electron chi connectivity index (χ3n) is 7.71. The highest BCUT2D eigenvalue weighted by Crippen LogP contribution is 2.31. The zero-order chi connectivity index (χ0) is 29.3. The predicted molar refractivity (Wildman–Crippen MR) is 169 cm³/mol. The van der Waals surface area contributed by atoms with E-state index in [1.165, 1.54) is 11.3 Å². The molecule has 3 aromatic heterocycles. The Labute approximate surface area is 251 Å². The minimum Gasteiger partial charge on any atom is -0.476 e. The zero-order valence-electron chi connectivity index (χ0n) is 23.1. The number of hydrogen-bond donors (Lipinski definition) is 2. The third-order valence-corrected chi connectivity index (χ3v) is 8.66. The average molecular weight is 586 g/mol. The van der Waals surface area contributed by atoms with Crippen molar-refractivity contribution in [2.24, 2.45) is 0 Å². The van der Waals surface area contributed by atoms with E-state index >= 15 is 0 Å². The lowest BCUT2D eigenvalue weighted by atomic mass is 9.94. The van der Waals surface area contributed by atoms with E-state index in [1.807, 2.05) is 101 Å². The van der Waals surface area contributed by atoms with E-state index in [2.05, 4.69) is 27.4 Å². The molecule has 212 valence electrons. The number of benzene rings is 3. The van der Waals surface area contributed by atoms with E-state index in [0.29, 0.717) is 48.1 Å². The van der Waals surface area contributed by atoms with Gasteiger partial charge in [-0.15, -0.1) is 0 Å². The van der Waals surface area contributed by atoms with Crippen molar-refractivity contribution in [3.05, 3.63) is 131 Å². The molecule has 1 amide bonds. The Morgan fingerprint density at radius 3 is 2.58 bits per heavy atom. The predicted octanol–water partition coefficient (Wildman–Crippen LogP) is 6.72. The van der Waals surface area contributed by atoms with Crippen molar-refractivity contribution in [3.63, 3.8) is 0 Å². The van der Waals surface area contributed by atoms with Crippen LogP contribution in [0.5, 0.6) is 0 Å². The minimum atomic E-state index is -1.08. The van der Waals surface area contributed by atoms with Gasteiger partial charge < -0.3 is 14.6 Å². The number of pyridine rings is 1. The van der Waals surface area contributed by atoms with Gasteiger partial charge in [-0.2, -0.15) is 0 Å². The highest BCUT2D eigenvalue weighted by Gasteiger charge is 2.25. The molecule has 7 rings (SSSR count). The lowest BCUT2D eigenvalue weighted by Crippen LogP contribution is -2.33. The molecule has 0 spiro atoms. The fraction of sp³-hybridized carbons (Fsp3) is 0.118. The molecule has 2 N–H and O–H groups in total. The Kier molecular flexibility index (Phi) is 6.92. The molecule has 9 heteroatoms. The van der Waals surface area contributed by atoms with E-state index in [-0.39, 0.29) is 11.6 Å². The number of aromatic nitrogens is 3. The summed E-state index contributed by atoms with van der Waals surface area (Å²) in [6, 6.07) is 29.3. The first-order valence-corrected chi connectivity index (χ1v) is 14.8. The number of rotatable bonds is 7. The van der Waals surface area contributed by atoms with Gasteiger partial charge in [0.2, 0.25) is 0 Å². The monoisotopic (exact) mass is 585 g/mol. The first-order valence-electron chi connectivity index (χ1n) is 14.0. The summed E-state index contributed by atoms with van der Waals surface area (Å²) in [4.78, 5) is 37.0. The largest absolute Gasteiger partial charge is 0.476 e. The Hall–Kier alpha value is -5.28. The van der Waals surface area contributed by atoms with Gasteiger partial charge >= 0.3 is 5.97 Å². The SMILES string of the molecule is O=C(Nc1nc2ccccc2s1)c1cccc2c1CN(c1ccc(-c3ccn(Cc4ccccc4)c3)c(C(=O)O)n1)CC2. The summed E-state index contributed by atoms with van der Waals surface area (Å²) >= 11 is 1.44. The highest BCUT2D eigenvalue weighted by molar-refractivity contribution is 7.22. The molecule has 6 aromatic rings. The normalized spacial score (nSPS) is 12.7. The summed E-state index contributed by atoms with van der Waals surface area (Å²) in [7, 11) is 0. The standard InChI is InChI=1S/C34H27N5O3S/c40-32(37-34-35-28-11-4-5-12-29(28)43-34)26-10-6-9-23-16-18-39(21-27(23)26)30-14-13-25(31(36-30)33(41)42)24-15-17-38(20-24)19-22-7-2-1-3-8-22/h1-15,17,20H,16,18-19,21H2,(H,41,42)(H,35,37,40). The van der Waals surface area contributed by atoms with Gasteiger partial charge in [0.25, 0.3) is 5.91 Å². The number of thiazole rings is 1. The average Bonchev–Trinajstić information content (AvgIpc) is 3.67. The van der Waals surface area contributed by atoms with Crippen LogP contribution in [0, 0.1) is 0 Å². The van der Waals surface area contributed by atoms with Crippen LogP contribution in [0.2, 0.25) is 0 Å². The second-order valence-corrected chi connectivity index (χ2v) is 11.5. The second kappa shape index (κ2) is 11.2. The van der Waals surface area contributed by atoms with E-state index in [9.17, 15) is 14.7 Å². The molecule has 0 fully saturated rings. The summed E-state index contributed by atoms with van der Waals surface area (Å²) in [6.45, 7) is 1.79. The molecule has 1 aliphatic rings. The summed E-state index contributed by atoms with van der Waals surface area (Å²) in [5, 5.41) is 13.6. The summed E-state index contributed by atoms with van der Waals surface area (Å²) < 4.78 is 3.04. The molecule has 8 nitrogen and oxygen atoms in total. The lowest BCUT2D eigenvalue weighted by Gasteiger charge is -2.31. The van der Waals surface area contributed by atoms with Crippen LogP contribution in [0.15, 0.2) is 103 Å². The maximum absolute atomic E-state index is 13.4. The van der Waals surface area contributed by atoms with Gasteiger partial charge in [0.1, 0.15) is 5.82 Å². The molecule has 4 heterocycles. The van der Waals surface area contributed by atoms with Gasteiger partial charge in [-0.1, -0.05) is 65.9 Å². The molecule has 0 saturated heterocycles. The number of para-hydroxylation sites is 1. The number of aromatic carboxylic acids is 1. The van der Waals surface area contributed by atoms with Crippen molar-refractivity contribution in [2.75, 3.05) is 16.8 Å². The summed E-state index contributed by atoms with van der Waals surface area (Å²) in [6.07, 6.45) is 4.61. The van der Waals surface area contributed by atoms with Crippen molar-refractivity contribution >= 4 is 44.4 Å². The quantitative estimate of drug-likeness (QED) is 0.216. The Bertz CT molecular complexity index is 1950. The topological polar surface area (TPSA) is 100 Å². The molecule has 43 heavy (non-hydrogen) atoms. The van der Waals surface area contributed by atoms with Gasteiger partial charge in [0.15, 0.2) is 10.8 Å². The molecular weight excluding hydrogens is 558 g/mol. The van der Waals surface area contributed by atoms with E-state index in [4.69, 9.17) is 0 Å². The first kappa shape index (κ1) is 26.6. The zero-order valence-corrected chi connectivity index (χ0v) is 23.9. The third kappa shape index (κ3) is 5.38. The molecule has 0 aliphatic carbocycles. The maximum Gasteiger partial charge on any atom is 0.355 e. The van der Waals surface area contributed by atoms with Gasteiger partial charge in [-0.25, -0.2) is 14.8 Å².